The highest BCUT2D eigenvalue weighted by molar-refractivity contribution is 5.10. The minimum atomic E-state index is 0.0786. The van der Waals surface area contributed by atoms with Crippen molar-refractivity contribution in [1.29, 1.82) is 0 Å². The number of aromatic nitrogens is 2. The van der Waals surface area contributed by atoms with Crippen LogP contribution >= 0.6 is 0 Å². The molecule has 0 aromatic carbocycles. The van der Waals surface area contributed by atoms with Gasteiger partial charge in [0.15, 0.2) is 0 Å². The van der Waals surface area contributed by atoms with Crippen molar-refractivity contribution in [2.45, 2.75) is 32.8 Å². The highest BCUT2D eigenvalue weighted by Gasteiger charge is 2.20. The summed E-state index contributed by atoms with van der Waals surface area (Å²) >= 11 is 0. The number of aryl methyl sites for hydroxylation is 1. The van der Waals surface area contributed by atoms with E-state index in [0.717, 1.165) is 30.3 Å². The van der Waals surface area contributed by atoms with Crippen LogP contribution in [-0.2, 0) is 20.1 Å². The Kier molecular flexibility index (Phi) is 4.18. The summed E-state index contributed by atoms with van der Waals surface area (Å²) in [5.41, 5.74) is 2.03. The number of nitrogens with zero attached hydrogens (tertiary/aromatic N) is 3. The molecule has 1 fully saturated rings. The molecule has 96 valence electrons. The van der Waals surface area contributed by atoms with Gasteiger partial charge in [-0.2, -0.15) is 5.10 Å². The zero-order valence-corrected chi connectivity index (χ0v) is 10.9. The van der Waals surface area contributed by atoms with Crippen LogP contribution in [0.25, 0.3) is 0 Å². The first-order valence-corrected chi connectivity index (χ1v) is 6.58. The highest BCUT2D eigenvalue weighted by Crippen LogP contribution is 2.20. The van der Waals surface area contributed by atoms with E-state index in [1.807, 2.05) is 13.1 Å². The lowest BCUT2D eigenvalue weighted by molar-refractivity contribution is 0.181. The lowest BCUT2D eigenvalue weighted by Crippen LogP contribution is -2.35. The molecule has 1 aromatic rings. The SMILES string of the molecule is CCN1CCCC(Cc2cc(CO)n(C)n2)C1. The van der Waals surface area contributed by atoms with Gasteiger partial charge in [-0.3, -0.25) is 4.68 Å². The van der Waals surface area contributed by atoms with Gasteiger partial charge >= 0.3 is 0 Å². The van der Waals surface area contributed by atoms with E-state index in [0.29, 0.717) is 0 Å². The van der Waals surface area contributed by atoms with Gasteiger partial charge < -0.3 is 10.0 Å². The van der Waals surface area contributed by atoms with Crippen molar-refractivity contribution in [2.24, 2.45) is 13.0 Å². The largest absolute Gasteiger partial charge is 0.390 e. The van der Waals surface area contributed by atoms with Gasteiger partial charge in [0.1, 0.15) is 0 Å². The first kappa shape index (κ1) is 12.6. The van der Waals surface area contributed by atoms with E-state index in [4.69, 9.17) is 5.11 Å². The molecular formula is C13H23N3O. The van der Waals surface area contributed by atoms with E-state index >= 15 is 0 Å². The number of hydrogen-bond donors (Lipinski definition) is 1. The number of aliphatic hydroxyl groups excluding tert-OH is 1. The molecule has 1 aliphatic heterocycles. The number of aliphatic hydroxyl groups is 1. The van der Waals surface area contributed by atoms with E-state index in [1.165, 1.54) is 25.9 Å². The van der Waals surface area contributed by atoms with Crippen molar-refractivity contribution < 1.29 is 5.11 Å². The molecule has 0 bridgehead atoms. The average Bonchev–Trinajstić information content (AvgIpc) is 2.69. The Morgan fingerprint density at radius 2 is 2.35 bits per heavy atom. The van der Waals surface area contributed by atoms with Crippen LogP contribution in [-0.4, -0.2) is 39.4 Å². The minimum Gasteiger partial charge on any atom is -0.390 e. The second-order valence-corrected chi connectivity index (χ2v) is 5.01. The van der Waals surface area contributed by atoms with Crippen LogP contribution in [0.5, 0.6) is 0 Å². The molecule has 1 atom stereocenters. The van der Waals surface area contributed by atoms with Crippen LogP contribution in [0.2, 0.25) is 0 Å². The third-order valence-corrected chi connectivity index (χ3v) is 3.74. The van der Waals surface area contributed by atoms with E-state index in [2.05, 4.69) is 16.9 Å². The molecule has 0 spiro atoms. The van der Waals surface area contributed by atoms with Crippen LogP contribution in [0, 0.1) is 5.92 Å². The van der Waals surface area contributed by atoms with Crippen LogP contribution in [0.1, 0.15) is 31.2 Å². The second-order valence-electron chi connectivity index (χ2n) is 5.01. The van der Waals surface area contributed by atoms with Crippen molar-refractivity contribution in [2.75, 3.05) is 19.6 Å². The number of likely N-dealkylation sites (tertiary alicyclic amines) is 1. The van der Waals surface area contributed by atoms with Gasteiger partial charge in [-0.05, 0) is 44.3 Å². The zero-order chi connectivity index (χ0) is 12.3. The Hall–Kier alpha value is -0.870. The van der Waals surface area contributed by atoms with Gasteiger partial charge in [-0.25, -0.2) is 0 Å². The number of piperidine rings is 1. The molecule has 0 saturated carbocycles. The average molecular weight is 237 g/mol. The van der Waals surface area contributed by atoms with E-state index < -0.39 is 0 Å². The van der Waals surface area contributed by atoms with E-state index in [9.17, 15) is 0 Å². The smallest absolute Gasteiger partial charge is 0.0849 e. The third kappa shape index (κ3) is 3.07. The molecule has 17 heavy (non-hydrogen) atoms. The lowest BCUT2D eigenvalue weighted by atomic mass is 9.93. The molecule has 0 radical (unpaired) electrons. The lowest BCUT2D eigenvalue weighted by Gasteiger charge is -2.31. The molecule has 1 N–H and O–H groups in total. The summed E-state index contributed by atoms with van der Waals surface area (Å²) in [4.78, 5) is 2.52. The molecule has 1 aromatic heterocycles. The topological polar surface area (TPSA) is 41.3 Å². The van der Waals surface area contributed by atoms with Crippen molar-refractivity contribution in [3.63, 3.8) is 0 Å². The monoisotopic (exact) mass is 237 g/mol. The van der Waals surface area contributed by atoms with Crippen molar-refractivity contribution in [3.05, 3.63) is 17.5 Å². The van der Waals surface area contributed by atoms with Crippen LogP contribution in [0.3, 0.4) is 0 Å². The second kappa shape index (κ2) is 5.65. The summed E-state index contributed by atoms with van der Waals surface area (Å²) in [5.74, 6) is 0.727. The fourth-order valence-corrected chi connectivity index (χ4v) is 2.72. The fraction of sp³-hybridized carbons (Fsp3) is 0.769. The summed E-state index contributed by atoms with van der Waals surface area (Å²) in [6.45, 7) is 5.90. The first-order chi connectivity index (χ1) is 8.22. The Bertz CT molecular complexity index is 362. The fourth-order valence-electron chi connectivity index (χ4n) is 2.72. The predicted molar refractivity (Wildman–Crippen MR) is 67.7 cm³/mol. The summed E-state index contributed by atoms with van der Waals surface area (Å²) < 4.78 is 1.79. The molecule has 0 amide bonds. The third-order valence-electron chi connectivity index (χ3n) is 3.74. The van der Waals surface area contributed by atoms with Gasteiger partial charge in [0.2, 0.25) is 0 Å². The molecule has 0 aliphatic carbocycles. The van der Waals surface area contributed by atoms with Crippen LogP contribution < -0.4 is 0 Å². The Balaban J connectivity index is 1.95. The van der Waals surface area contributed by atoms with Gasteiger partial charge in [-0.1, -0.05) is 6.92 Å². The molecule has 1 aliphatic rings. The van der Waals surface area contributed by atoms with Gasteiger partial charge in [0.05, 0.1) is 18.0 Å². The first-order valence-electron chi connectivity index (χ1n) is 6.58. The summed E-state index contributed by atoms with van der Waals surface area (Å²) in [6.07, 6.45) is 3.66. The maximum absolute atomic E-state index is 9.15. The van der Waals surface area contributed by atoms with Crippen molar-refractivity contribution in [3.8, 4) is 0 Å². The van der Waals surface area contributed by atoms with E-state index in [1.54, 1.807) is 4.68 Å². The zero-order valence-electron chi connectivity index (χ0n) is 10.9. The van der Waals surface area contributed by atoms with E-state index in [-0.39, 0.29) is 6.61 Å². The van der Waals surface area contributed by atoms with Crippen molar-refractivity contribution >= 4 is 0 Å². The Morgan fingerprint density at radius 1 is 1.53 bits per heavy atom. The maximum Gasteiger partial charge on any atom is 0.0849 e. The summed E-state index contributed by atoms with van der Waals surface area (Å²) in [5, 5.41) is 13.6. The molecule has 1 saturated heterocycles. The number of hydrogen-bond acceptors (Lipinski definition) is 3. The van der Waals surface area contributed by atoms with Crippen LogP contribution in [0.4, 0.5) is 0 Å². The summed E-state index contributed by atoms with van der Waals surface area (Å²) in [7, 11) is 1.90. The predicted octanol–water partition coefficient (Wildman–Crippen LogP) is 1.19. The Morgan fingerprint density at radius 3 is 3.00 bits per heavy atom. The Labute approximate surface area is 103 Å². The van der Waals surface area contributed by atoms with Crippen LogP contribution in [0.15, 0.2) is 6.07 Å². The molecule has 4 heteroatoms. The van der Waals surface area contributed by atoms with Gasteiger partial charge in [0.25, 0.3) is 0 Å². The normalized spacial score (nSPS) is 21.9. The standard InChI is InChI=1S/C13H23N3O/c1-3-16-6-4-5-11(9-16)7-12-8-13(10-17)15(2)14-12/h8,11,17H,3-7,9-10H2,1-2H3. The quantitative estimate of drug-likeness (QED) is 0.855. The molecule has 2 rings (SSSR count). The molecule has 1 unspecified atom stereocenters. The maximum atomic E-state index is 9.15. The van der Waals surface area contributed by atoms with Gasteiger partial charge in [-0.15, -0.1) is 0 Å². The molecular weight excluding hydrogens is 214 g/mol. The van der Waals surface area contributed by atoms with Gasteiger partial charge in [0, 0.05) is 13.6 Å². The highest BCUT2D eigenvalue weighted by atomic mass is 16.3. The number of rotatable bonds is 4. The molecule has 4 nitrogen and oxygen atoms in total. The molecule has 2 heterocycles. The van der Waals surface area contributed by atoms with Crippen molar-refractivity contribution in [1.82, 2.24) is 14.7 Å². The minimum absolute atomic E-state index is 0.0786. The summed E-state index contributed by atoms with van der Waals surface area (Å²) in [6, 6.07) is 2.03.